The average Bonchev–Trinajstić information content (AvgIpc) is 2.69. The SMILES string of the molecule is C=C(N)CN(C)C(=O)CCCC(=C)Cn1c(=C)ccc1=C. The Hall–Kier alpha value is -2.23. The Morgan fingerprint density at radius 1 is 1.24 bits per heavy atom. The van der Waals surface area contributed by atoms with Crippen LogP contribution in [0.4, 0.5) is 0 Å². The minimum Gasteiger partial charge on any atom is -0.401 e. The molecule has 4 heteroatoms. The maximum atomic E-state index is 11.9. The molecule has 21 heavy (non-hydrogen) atoms. The van der Waals surface area contributed by atoms with E-state index in [0.29, 0.717) is 25.2 Å². The van der Waals surface area contributed by atoms with Gasteiger partial charge in [0.15, 0.2) is 0 Å². The number of allylic oxidation sites excluding steroid dienone is 1. The summed E-state index contributed by atoms with van der Waals surface area (Å²) in [5, 5.41) is 1.86. The van der Waals surface area contributed by atoms with Gasteiger partial charge in [0.05, 0.1) is 6.54 Å². The Labute approximate surface area is 126 Å². The van der Waals surface area contributed by atoms with Crippen LogP contribution in [0.2, 0.25) is 0 Å². The summed E-state index contributed by atoms with van der Waals surface area (Å²) in [5.41, 5.74) is 7.06. The second kappa shape index (κ2) is 7.53. The van der Waals surface area contributed by atoms with Gasteiger partial charge in [-0.2, -0.15) is 0 Å². The van der Waals surface area contributed by atoms with Crippen LogP contribution in [0.25, 0.3) is 13.2 Å². The lowest BCUT2D eigenvalue weighted by atomic mass is 10.1. The Kier molecular flexibility index (Phi) is 6.03. The van der Waals surface area contributed by atoms with E-state index in [4.69, 9.17) is 5.73 Å². The van der Waals surface area contributed by atoms with E-state index < -0.39 is 0 Å². The maximum absolute atomic E-state index is 11.9. The molecule has 0 spiro atoms. The fourth-order valence-corrected chi connectivity index (χ4v) is 2.14. The first kappa shape index (κ1) is 16.8. The Morgan fingerprint density at radius 2 is 1.81 bits per heavy atom. The molecule has 0 radical (unpaired) electrons. The van der Waals surface area contributed by atoms with Crippen molar-refractivity contribution in [2.24, 2.45) is 5.73 Å². The summed E-state index contributed by atoms with van der Waals surface area (Å²) in [6.45, 7) is 16.7. The van der Waals surface area contributed by atoms with Gasteiger partial charge in [0, 0.05) is 36.4 Å². The van der Waals surface area contributed by atoms with Crippen molar-refractivity contribution in [2.75, 3.05) is 13.6 Å². The maximum Gasteiger partial charge on any atom is 0.222 e. The second-order valence-electron chi connectivity index (χ2n) is 5.41. The van der Waals surface area contributed by atoms with Gasteiger partial charge in [-0.25, -0.2) is 0 Å². The molecule has 0 aliphatic rings. The highest BCUT2D eigenvalue weighted by molar-refractivity contribution is 5.76. The molecule has 2 N–H and O–H groups in total. The summed E-state index contributed by atoms with van der Waals surface area (Å²) in [4.78, 5) is 13.5. The average molecular weight is 287 g/mol. The molecule has 0 aliphatic heterocycles. The predicted octanol–water partition coefficient (Wildman–Crippen LogP) is 0.966. The van der Waals surface area contributed by atoms with Crippen molar-refractivity contribution < 1.29 is 4.79 Å². The largest absolute Gasteiger partial charge is 0.401 e. The first-order chi connectivity index (χ1) is 9.81. The summed E-state index contributed by atoms with van der Waals surface area (Å²) in [6, 6.07) is 3.88. The van der Waals surface area contributed by atoms with E-state index >= 15 is 0 Å². The van der Waals surface area contributed by atoms with Crippen LogP contribution in [-0.2, 0) is 11.3 Å². The van der Waals surface area contributed by atoms with Crippen LogP contribution < -0.4 is 16.4 Å². The van der Waals surface area contributed by atoms with Crippen molar-refractivity contribution in [1.29, 1.82) is 0 Å². The summed E-state index contributed by atoms with van der Waals surface area (Å²) < 4.78 is 2.02. The number of nitrogens with two attached hydrogens (primary N) is 1. The van der Waals surface area contributed by atoms with Gasteiger partial charge in [0.25, 0.3) is 0 Å². The van der Waals surface area contributed by atoms with Gasteiger partial charge >= 0.3 is 0 Å². The van der Waals surface area contributed by atoms with Crippen LogP contribution in [0.5, 0.6) is 0 Å². The van der Waals surface area contributed by atoms with E-state index in [2.05, 4.69) is 26.3 Å². The number of nitrogens with zero attached hydrogens (tertiary/aromatic N) is 2. The van der Waals surface area contributed by atoms with Crippen LogP contribution in [0.3, 0.4) is 0 Å². The molecule has 0 saturated heterocycles. The van der Waals surface area contributed by atoms with Crippen molar-refractivity contribution in [1.82, 2.24) is 9.47 Å². The van der Waals surface area contributed by atoms with Crippen LogP contribution >= 0.6 is 0 Å². The van der Waals surface area contributed by atoms with Gasteiger partial charge in [0.2, 0.25) is 5.91 Å². The zero-order valence-corrected chi connectivity index (χ0v) is 12.9. The third-order valence-corrected chi connectivity index (χ3v) is 3.33. The molecule has 0 aliphatic carbocycles. The summed E-state index contributed by atoms with van der Waals surface area (Å²) >= 11 is 0. The van der Waals surface area contributed by atoms with E-state index in [1.165, 1.54) is 0 Å². The molecule has 114 valence electrons. The van der Waals surface area contributed by atoms with Gasteiger partial charge in [-0.15, -0.1) is 0 Å². The molecule has 0 bridgehead atoms. The van der Waals surface area contributed by atoms with Crippen molar-refractivity contribution in [3.05, 3.63) is 47.3 Å². The quantitative estimate of drug-likeness (QED) is 0.724. The molecule has 1 heterocycles. The van der Waals surface area contributed by atoms with Crippen LogP contribution in [0, 0.1) is 0 Å². The summed E-state index contributed by atoms with van der Waals surface area (Å²) in [5.74, 6) is 0.0751. The van der Waals surface area contributed by atoms with E-state index in [9.17, 15) is 4.79 Å². The summed E-state index contributed by atoms with van der Waals surface area (Å²) in [7, 11) is 1.74. The van der Waals surface area contributed by atoms with E-state index in [0.717, 1.165) is 29.1 Å². The predicted molar refractivity (Wildman–Crippen MR) is 88.7 cm³/mol. The number of hydrogen-bond donors (Lipinski definition) is 1. The minimum atomic E-state index is 0.0751. The van der Waals surface area contributed by atoms with Gasteiger partial charge in [0.1, 0.15) is 0 Å². The fourth-order valence-electron chi connectivity index (χ4n) is 2.14. The van der Waals surface area contributed by atoms with Crippen molar-refractivity contribution >= 4 is 19.1 Å². The van der Waals surface area contributed by atoms with E-state index in [-0.39, 0.29) is 5.91 Å². The lowest BCUT2D eigenvalue weighted by molar-refractivity contribution is -0.129. The molecular weight excluding hydrogens is 262 g/mol. The standard InChI is InChI=1S/C17H25N3O/c1-13(11-20-15(3)9-10-16(20)4)7-6-8-17(21)19(5)12-14(2)18/h9-10H,1-4,6-8,11-12,18H2,5H3. The number of rotatable bonds is 8. The van der Waals surface area contributed by atoms with E-state index in [1.807, 2.05) is 16.7 Å². The van der Waals surface area contributed by atoms with E-state index in [1.54, 1.807) is 11.9 Å². The molecule has 0 saturated carbocycles. The number of carbonyl (C=O) groups excluding carboxylic acids is 1. The number of hydrogen-bond acceptors (Lipinski definition) is 2. The van der Waals surface area contributed by atoms with Gasteiger partial charge in [-0.1, -0.05) is 31.9 Å². The Morgan fingerprint density at radius 3 is 2.33 bits per heavy atom. The third-order valence-electron chi connectivity index (χ3n) is 3.33. The fraction of sp³-hybridized carbons (Fsp3) is 0.353. The van der Waals surface area contributed by atoms with Crippen molar-refractivity contribution in [3.63, 3.8) is 0 Å². The number of amides is 1. The molecule has 0 aromatic carbocycles. The Balaban J connectivity index is 2.37. The Bertz CT molecular complexity index is 599. The molecule has 1 amide bonds. The highest BCUT2D eigenvalue weighted by atomic mass is 16.2. The summed E-state index contributed by atoms with van der Waals surface area (Å²) in [6.07, 6.45) is 2.07. The minimum absolute atomic E-state index is 0.0751. The highest BCUT2D eigenvalue weighted by Gasteiger charge is 2.09. The molecule has 0 unspecified atom stereocenters. The lowest BCUT2D eigenvalue weighted by Gasteiger charge is -2.17. The van der Waals surface area contributed by atoms with Gasteiger partial charge < -0.3 is 15.2 Å². The first-order valence-electron chi connectivity index (χ1n) is 6.98. The molecular formula is C17H25N3O. The van der Waals surface area contributed by atoms with Crippen molar-refractivity contribution in [2.45, 2.75) is 25.8 Å². The van der Waals surface area contributed by atoms with Gasteiger partial charge in [-0.05, 0) is 25.0 Å². The molecule has 1 rings (SSSR count). The molecule has 1 aromatic heterocycles. The molecule has 4 nitrogen and oxygen atoms in total. The monoisotopic (exact) mass is 287 g/mol. The van der Waals surface area contributed by atoms with Crippen LogP contribution in [0.1, 0.15) is 19.3 Å². The zero-order chi connectivity index (χ0) is 16.0. The highest BCUT2D eigenvalue weighted by Crippen LogP contribution is 2.08. The number of likely N-dealkylation sites (N-methyl/N-ethyl adjacent to an activating group) is 1. The molecule has 1 aromatic rings. The molecule has 0 fully saturated rings. The van der Waals surface area contributed by atoms with Crippen LogP contribution in [-0.4, -0.2) is 29.0 Å². The molecule has 0 atom stereocenters. The first-order valence-corrected chi connectivity index (χ1v) is 6.98. The number of aromatic nitrogens is 1. The topological polar surface area (TPSA) is 51.3 Å². The third kappa shape index (κ3) is 5.34. The van der Waals surface area contributed by atoms with Crippen LogP contribution in [0.15, 0.2) is 36.6 Å². The van der Waals surface area contributed by atoms with Gasteiger partial charge in [-0.3, -0.25) is 4.79 Å². The number of carbonyl (C=O) groups is 1. The zero-order valence-electron chi connectivity index (χ0n) is 12.9. The normalized spacial score (nSPS) is 10.3. The van der Waals surface area contributed by atoms with Crippen molar-refractivity contribution in [3.8, 4) is 0 Å². The smallest absolute Gasteiger partial charge is 0.222 e. The second-order valence-corrected chi connectivity index (χ2v) is 5.41. The lowest BCUT2D eigenvalue weighted by Crippen LogP contribution is -2.30.